The minimum atomic E-state index is -0.0564. The number of nitrogens with one attached hydrogen (secondary N) is 1. The van der Waals surface area contributed by atoms with Gasteiger partial charge >= 0.3 is 0 Å². The number of carbonyl (C=O) groups is 1. The third-order valence-corrected chi connectivity index (χ3v) is 5.50. The Hall–Kier alpha value is -2.60. The van der Waals surface area contributed by atoms with Crippen molar-refractivity contribution in [3.8, 4) is 5.69 Å². The molecule has 0 unspecified atom stereocenters. The van der Waals surface area contributed by atoms with Gasteiger partial charge in [-0.2, -0.15) is 0 Å². The largest absolute Gasteiger partial charge is 0.325 e. The van der Waals surface area contributed by atoms with Gasteiger partial charge in [-0.3, -0.25) is 9.36 Å². The number of carbonyl (C=O) groups excluding carboxylic acids is 1. The maximum atomic E-state index is 12.5. The number of rotatable bonds is 6. The molecule has 1 heterocycles. The van der Waals surface area contributed by atoms with Gasteiger partial charge in [0.25, 0.3) is 0 Å². The Morgan fingerprint density at radius 2 is 1.89 bits per heavy atom. The van der Waals surface area contributed by atoms with Crippen molar-refractivity contribution in [1.82, 2.24) is 14.8 Å². The molecule has 146 valence electrons. The molecule has 28 heavy (non-hydrogen) atoms. The third-order valence-electron chi connectivity index (χ3n) is 4.57. The molecule has 1 amide bonds. The van der Waals surface area contributed by atoms with Gasteiger partial charge in [0.1, 0.15) is 5.82 Å². The summed E-state index contributed by atoms with van der Waals surface area (Å²) >= 11 is 1.39. The van der Waals surface area contributed by atoms with Crippen LogP contribution in [-0.4, -0.2) is 26.4 Å². The molecule has 0 saturated heterocycles. The van der Waals surface area contributed by atoms with Gasteiger partial charge < -0.3 is 5.32 Å². The van der Waals surface area contributed by atoms with Gasteiger partial charge in [0.05, 0.1) is 11.4 Å². The van der Waals surface area contributed by atoms with Crippen molar-refractivity contribution < 1.29 is 4.79 Å². The van der Waals surface area contributed by atoms with Crippen molar-refractivity contribution in [2.24, 2.45) is 0 Å². The molecule has 3 rings (SSSR count). The normalized spacial score (nSPS) is 11.1. The monoisotopic (exact) mass is 394 g/mol. The van der Waals surface area contributed by atoms with Crippen molar-refractivity contribution >= 4 is 23.4 Å². The van der Waals surface area contributed by atoms with Crippen molar-refractivity contribution in [2.75, 3.05) is 11.1 Å². The van der Waals surface area contributed by atoms with Crippen LogP contribution in [0.15, 0.2) is 47.6 Å². The Morgan fingerprint density at radius 1 is 1.11 bits per heavy atom. The highest BCUT2D eigenvalue weighted by molar-refractivity contribution is 7.99. The van der Waals surface area contributed by atoms with Crippen LogP contribution in [0.3, 0.4) is 0 Å². The highest BCUT2D eigenvalue weighted by atomic mass is 32.2. The Bertz CT molecular complexity index is 994. The molecule has 0 saturated carbocycles. The molecule has 0 aliphatic heterocycles. The SMILES string of the molecule is Cc1ccc(C)c(-n2c(C)nnc2SCC(=O)Nc2cccc(C(C)C)c2)c1. The number of benzene rings is 2. The molecule has 0 radical (unpaired) electrons. The zero-order valence-corrected chi connectivity index (χ0v) is 17.8. The van der Waals surface area contributed by atoms with Gasteiger partial charge in [-0.05, 0) is 61.6 Å². The summed E-state index contributed by atoms with van der Waals surface area (Å²) in [6.45, 7) is 10.3. The van der Waals surface area contributed by atoms with Crippen LogP contribution in [0, 0.1) is 20.8 Å². The van der Waals surface area contributed by atoms with Gasteiger partial charge in [0, 0.05) is 5.69 Å². The lowest BCUT2D eigenvalue weighted by Crippen LogP contribution is -2.15. The lowest BCUT2D eigenvalue weighted by molar-refractivity contribution is -0.113. The van der Waals surface area contributed by atoms with Gasteiger partial charge in [-0.1, -0.05) is 49.9 Å². The van der Waals surface area contributed by atoms with Gasteiger partial charge in [0.2, 0.25) is 5.91 Å². The van der Waals surface area contributed by atoms with Gasteiger partial charge in [-0.15, -0.1) is 10.2 Å². The summed E-state index contributed by atoms with van der Waals surface area (Å²) in [6, 6.07) is 14.3. The van der Waals surface area contributed by atoms with Crippen LogP contribution in [0.1, 0.15) is 42.3 Å². The number of aromatic nitrogens is 3. The molecule has 2 aromatic carbocycles. The minimum Gasteiger partial charge on any atom is -0.325 e. The maximum Gasteiger partial charge on any atom is 0.234 e. The van der Waals surface area contributed by atoms with E-state index in [4.69, 9.17) is 0 Å². The van der Waals surface area contributed by atoms with Crippen LogP contribution in [0.4, 0.5) is 5.69 Å². The molecular weight excluding hydrogens is 368 g/mol. The Balaban J connectivity index is 1.73. The molecule has 0 fully saturated rings. The summed E-state index contributed by atoms with van der Waals surface area (Å²) < 4.78 is 2.01. The summed E-state index contributed by atoms with van der Waals surface area (Å²) in [5.74, 6) is 1.44. The average molecular weight is 395 g/mol. The van der Waals surface area contributed by atoms with E-state index in [1.54, 1.807) is 0 Å². The van der Waals surface area contributed by atoms with Crippen LogP contribution in [0.2, 0.25) is 0 Å². The molecule has 5 nitrogen and oxygen atoms in total. The number of hydrogen-bond acceptors (Lipinski definition) is 4. The van der Waals surface area contributed by atoms with E-state index in [2.05, 4.69) is 67.5 Å². The zero-order valence-electron chi connectivity index (χ0n) is 17.0. The smallest absolute Gasteiger partial charge is 0.234 e. The Morgan fingerprint density at radius 3 is 2.64 bits per heavy atom. The summed E-state index contributed by atoms with van der Waals surface area (Å²) in [5, 5.41) is 12.2. The van der Waals surface area contributed by atoms with E-state index >= 15 is 0 Å². The second-order valence-electron chi connectivity index (χ2n) is 7.27. The molecule has 6 heteroatoms. The van der Waals surface area contributed by atoms with Crippen LogP contribution in [0.25, 0.3) is 5.69 Å². The fourth-order valence-corrected chi connectivity index (χ4v) is 3.77. The van der Waals surface area contributed by atoms with E-state index in [0.717, 1.165) is 27.9 Å². The van der Waals surface area contributed by atoms with E-state index < -0.39 is 0 Å². The second-order valence-corrected chi connectivity index (χ2v) is 8.21. The first-order valence-corrected chi connectivity index (χ1v) is 10.4. The van der Waals surface area contributed by atoms with Crippen LogP contribution in [0.5, 0.6) is 0 Å². The lowest BCUT2D eigenvalue weighted by Gasteiger charge is -2.12. The molecule has 0 aliphatic carbocycles. The first-order chi connectivity index (χ1) is 13.3. The van der Waals surface area contributed by atoms with Crippen molar-refractivity contribution in [1.29, 1.82) is 0 Å². The van der Waals surface area contributed by atoms with Gasteiger partial charge in [0.15, 0.2) is 5.16 Å². The summed E-state index contributed by atoms with van der Waals surface area (Å²) in [4.78, 5) is 12.5. The summed E-state index contributed by atoms with van der Waals surface area (Å²) in [6.07, 6.45) is 0. The highest BCUT2D eigenvalue weighted by Gasteiger charge is 2.15. The first-order valence-electron chi connectivity index (χ1n) is 9.37. The fraction of sp³-hybridized carbons (Fsp3) is 0.318. The first kappa shape index (κ1) is 20.1. The molecule has 1 aromatic heterocycles. The summed E-state index contributed by atoms with van der Waals surface area (Å²) in [7, 11) is 0. The predicted octanol–water partition coefficient (Wildman–Crippen LogP) is 5.05. The number of amides is 1. The van der Waals surface area contributed by atoms with Crippen molar-refractivity contribution in [2.45, 2.75) is 45.7 Å². The molecular formula is C22H26N4OS. The molecule has 1 N–H and O–H groups in total. The van der Waals surface area contributed by atoms with Gasteiger partial charge in [-0.25, -0.2) is 0 Å². The van der Waals surface area contributed by atoms with E-state index in [0.29, 0.717) is 5.92 Å². The molecule has 0 bridgehead atoms. The van der Waals surface area contributed by atoms with E-state index in [1.807, 2.05) is 29.7 Å². The summed E-state index contributed by atoms with van der Waals surface area (Å²) in [5.41, 5.74) is 5.40. The lowest BCUT2D eigenvalue weighted by atomic mass is 10.0. The number of thioether (sulfide) groups is 1. The van der Waals surface area contributed by atoms with E-state index in [-0.39, 0.29) is 11.7 Å². The van der Waals surface area contributed by atoms with Crippen LogP contribution in [-0.2, 0) is 4.79 Å². The number of aryl methyl sites for hydroxylation is 3. The maximum absolute atomic E-state index is 12.5. The molecule has 3 aromatic rings. The molecule has 0 spiro atoms. The van der Waals surface area contributed by atoms with Crippen LogP contribution >= 0.6 is 11.8 Å². The van der Waals surface area contributed by atoms with Crippen LogP contribution < -0.4 is 5.32 Å². The molecule has 0 aliphatic rings. The number of nitrogens with zero attached hydrogens (tertiary/aromatic N) is 3. The van der Waals surface area contributed by atoms with Crippen molar-refractivity contribution in [3.63, 3.8) is 0 Å². The van der Waals surface area contributed by atoms with E-state index in [1.165, 1.54) is 22.9 Å². The Labute approximate surface area is 170 Å². The predicted molar refractivity (Wildman–Crippen MR) is 115 cm³/mol. The molecule has 0 atom stereocenters. The zero-order chi connectivity index (χ0) is 20.3. The highest BCUT2D eigenvalue weighted by Crippen LogP contribution is 2.25. The quantitative estimate of drug-likeness (QED) is 0.595. The standard InChI is InChI=1S/C22H26N4OS/c1-14(2)18-7-6-8-19(12-18)23-21(27)13-28-22-25-24-17(5)26(22)20-11-15(3)9-10-16(20)4/h6-12,14H,13H2,1-5H3,(H,23,27). The fourth-order valence-electron chi connectivity index (χ4n) is 2.98. The second kappa shape index (κ2) is 8.61. The van der Waals surface area contributed by atoms with E-state index in [9.17, 15) is 4.79 Å². The Kier molecular flexibility index (Phi) is 6.19. The topological polar surface area (TPSA) is 59.8 Å². The number of hydrogen-bond donors (Lipinski definition) is 1. The third kappa shape index (κ3) is 4.62. The van der Waals surface area contributed by atoms with Crippen molar-refractivity contribution in [3.05, 3.63) is 65.0 Å². The minimum absolute atomic E-state index is 0.0564. The number of anilines is 1. The average Bonchev–Trinajstić information content (AvgIpc) is 3.02.